The smallest absolute Gasteiger partial charge is 0.238 e. The molecule has 0 heterocycles. The van der Waals surface area contributed by atoms with Crippen LogP contribution < -0.4 is 0 Å². The number of carbonyl (C=O) groups is 2. The Morgan fingerprint density at radius 2 is 1.86 bits per heavy atom. The van der Waals surface area contributed by atoms with Gasteiger partial charge >= 0.3 is 0 Å². The van der Waals surface area contributed by atoms with E-state index in [4.69, 9.17) is 4.74 Å². The Morgan fingerprint density at radius 3 is 2.32 bits per heavy atom. The average Bonchev–Trinajstić information content (AvgIpc) is 3.06. The minimum atomic E-state index is -2.11. The molecule has 2 fully saturated rings. The van der Waals surface area contributed by atoms with Crippen LogP contribution in [0, 0.1) is 17.8 Å². The molecule has 2 aliphatic rings. The summed E-state index contributed by atoms with van der Waals surface area (Å²) in [6.07, 6.45) is 4.41. The van der Waals surface area contributed by atoms with Crippen molar-refractivity contribution in [1.29, 1.82) is 0 Å². The van der Waals surface area contributed by atoms with Crippen LogP contribution in [0.5, 0.6) is 0 Å². The highest BCUT2D eigenvalue weighted by Gasteiger charge is 2.44. The Balaban J connectivity index is 2.03. The van der Waals surface area contributed by atoms with E-state index in [0.29, 0.717) is 24.0 Å². The third-order valence-corrected chi connectivity index (χ3v) is 5.04. The molecular weight excluding hydrogens is 280 g/mol. The van der Waals surface area contributed by atoms with Crippen LogP contribution in [0.3, 0.4) is 0 Å². The van der Waals surface area contributed by atoms with Crippen molar-refractivity contribution in [3.05, 3.63) is 24.3 Å². The quantitative estimate of drug-likeness (QED) is 0.553. The van der Waals surface area contributed by atoms with Crippen molar-refractivity contribution in [3.8, 4) is 0 Å². The van der Waals surface area contributed by atoms with Crippen LogP contribution in [-0.2, 0) is 14.3 Å². The minimum Gasteiger partial charge on any atom is -0.359 e. The summed E-state index contributed by atoms with van der Waals surface area (Å²) in [6, 6.07) is 0. The molecule has 0 aliphatic heterocycles. The molecule has 4 atom stereocenters. The summed E-state index contributed by atoms with van der Waals surface area (Å²) in [7, 11) is 0. The second-order valence-electron chi connectivity index (χ2n) is 7.02. The maximum absolute atomic E-state index is 12.2. The summed E-state index contributed by atoms with van der Waals surface area (Å²) in [5, 5.41) is 10.6. The summed E-state index contributed by atoms with van der Waals surface area (Å²) in [6.45, 7) is 10.5. The van der Waals surface area contributed by atoms with Gasteiger partial charge in [-0.15, -0.1) is 0 Å². The third kappa shape index (κ3) is 3.55. The van der Waals surface area contributed by atoms with Gasteiger partial charge in [-0.3, -0.25) is 9.59 Å². The van der Waals surface area contributed by atoms with Crippen molar-refractivity contribution in [3.63, 3.8) is 0 Å². The van der Waals surface area contributed by atoms with Crippen molar-refractivity contribution >= 4 is 11.6 Å². The van der Waals surface area contributed by atoms with Crippen LogP contribution in [0.1, 0.15) is 46.0 Å². The first-order valence-corrected chi connectivity index (χ1v) is 7.98. The van der Waals surface area contributed by atoms with Crippen LogP contribution in [0.15, 0.2) is 24.3 Å². The Labute approximate surface area is 132 Å². The lowest BCUT2D eigenvalue weighted by Gasteiger charge is -2.30. The number of fused-ring (bicyclic) bond motifs is 2. The van der Waals surface area contributed by atoms with E-state index >= 15 is 0 Å². The molecule has 0 spiro atoms. The number of rotatable bonds is 8. The van der Waals surface area contributed by atoms with Gasteiger partial charge in [-0.1, -0.05) is 19.6 Å². The molecule has 0 aromatic rings. The van der Waals surface area contributed by atoms with Crippen molar-refractivity contribution < 1.29 is 19.4 Å². The predicted octanol–water partition coefficient (Wildman–Crippen LogP) is 2.81. The second-order valence-corrected chi connectivity index (χ2v) is 7.02. The summed E-state index contributed by atoms with van der Waals surface area (Å²) in [5.74, 6) is -1.33. The summed E-state index contributed by atoms with van der Waals surface area (Å²) in [5.41, 5.74) is 0.487. The van der Waals surface area contributed by atoms with Crippen LogP contribution in [0.4, 0.5) is 0 Å². The van der Waals surface area contributed by atoms with E-state index in [1.165, 1.54) is 26.2 Å². The topological polar surface area (TPSA) is 63.6 Å². The van der Waals surface area contributed by atoms with E-state index in [2.05, 4.69) is 13.2 Å². The van der Waals surface area contributed by atoms with Crippen molar-refractivity contribution in [2.75, 3.05) is 6.61 Å². The first kappa shape index (κ1) is 17.1. The molecule has 2 bridgehead atoms. The van der Waals surface area contributed by atoms with E-state index in [1.807, 2.05) is 0 Å². The zero-order valence-corrected chi connectivity index (χ0v) is 13.6. The molecule has 0 amide bonds. The van der Waals surface area contributed by atoms with Crippen LogP contribution in [0.2, 0.25) is 0 Å². The van der Waals surface area contributed by atoms with Gasteiger partial charge in [0.25, 0.3) is 0 Å². The lowest BCUT2D eigenvalue weighted by Crippen LogP contribution is -2.45. The molecular formula is C18H26O4. The summed E-state index contributed by atoms with van der Waals surface area (Å²) >= 11 is 0. The number of Topliss-reactive ketones (excluding diaryl/α,β-unsaturated/α-hetero) is 2. The van der Waals surface area contributed by atoms with Gasteiger partial charge in [0.2, 0.25) is 11.6 Å². The molecule has 0 saturated heterocycles. The van der Waals surface area contributed by atoms with E-state index in [-0.39, 0.29) is 11.4 Å². The van der Waals surface area contributed by atoms with Gasteiger partial charge in [-0.2, -0.15) is 0 Å². The Hall–Kier alpha value is -1.26. The molecule has 2 rings (SSSR count). The van der Waals surface area contributed by atoms with E-state index < -0.39 is 18.0 Å². The van der Waals surface area contributed by atoms with Crippen LogP contribution >= 0.6 is 0 Å². The van der Waals surface area contributed by atoms with E-state index in [9.17, 15) is 14.7 Å². The van der Waals surface area contributed by atoms with Crippen molar-refractivity contribution in [1.82, 2.24) is 0 Å². The number of ether oxygens (including phenoxy) is 1. The predicted molar refractivity (Wildman–Crippen MR) is 84.1 cm³/mol. The van der Waals surface area contributed by atoms with Gasteiger partial charge in [0, 0.05) is 0 Å². The number of ketones is 2. The number of aliphatic hydroxyl groups is 1. The Kier molecular flexibility index (Phi) is 5.03. The molecule has 122 valence electrons. The van der Waals surface area contributed by atoms with Gasteiger partial charge in [-0.05, 0) is 62.0 Å². The maximum atomic E-state index is 12.2. The fourth-order valence-corrected chi connectivity index (χ4v) is 3.72. The highest BCUT2D eigenvalue weighted by atomic mass is 16.6. The molecule has 4 nitrogen and oxygen atoms in total. The number of hydrogen-bond donors (Lipinski definition) is 1. The molecule has 1 N–H and O–H groups in total. The zero-order chi connectivity index (χ0) is 16.5. The number of hydrogen-bond acceptors (Lipinski definition) is 4. The number of carbonyl (C=O) groups excluding carboxylic acids is 2. The average molecular weight is 306 g/mol. The molecule has 0 aromatic heterocycles. The van der Waals surface area contributed by atoms with E-state index in [1.54, 1.807) is 6.92 Å². The largest absolute Gasteiger partial charge is 0.359 e. The monoisotopic (exact) mass is 306 g/mol. The van der Waals surface area contributed by atoms with Crippen LogP contribution in [-0.4, -0.2) is 29.1 Å². The Morgan fingerprint density at radius 1 is 1.18 bits per heavy atom. The molecule has 22 heavy (non-hydrogen) atoms. The molecule has 0 radical (unpaired) electrons. The SMILES string of the molecule is C=C(C)C(=O)CC(O)(OCC1CC2CCC1C2)C(=O)C(=C)C. The maximum Gasteiger partial charge on any atom is 0.238 e. The summed E-state index contributed by atoms with van der Waals surface area (Å²) in [4.78, 5) is 24.1. The molecule has 2 aliphatic carbocycles. The lowest BCUT2D eigenvalue weighted by molar-refractivity contribution is -0.209. The first-order valence-electron chi connectivity index (χ1n) is 7.98. The van der Waals surface area contributed by atoms with E-state index in [0.717, 1.165) is 12.3 Å². The Bertz CT molecular complexity index is 507. The van der Waals surface area contributed by atoms with Gasteiger partial charge in [0.05, 0.1) is 13.0 Å². The van der Waals surface area contributed by atoms with Gasteiger partial charge in [0.1, 0.15) is 0 Å². The highest BCUT2D eigenvalue weighted by Crippen LogP contribution is 2.48. The minimum absolute atomic E-state index is 0.185. The third-order valence-electron chi connectivity index (χ3n) is 5.04. The fraction of sp³-hybridized carbons (Fsp3) is 0.667. The standard InChI is InChI=1S/C18H26O4/c1-11(2)16(19)9-18(21,17(20)12(3)4)22-10-15-8-13-5-6-14(15)7-13/h13-15,21H,1,3,5-10H2,2,4H3. The van der Waals surface area contributed by atoms with Gasteiger partial charge in [0.15, 0.2) is 5.78 Å². The highest BCUT2D eigenvalue weighted by molar-refractivity contribution is 6.04. The number of allylic oxidation sites excluding steroid dienone is 1. The normalized spacial score (nSPS) is 29.1. The first-order chi connectivity index (χ1) is 10.2. The molecule has 4 heteroatoms. The fourth-order valence-electron chi connectivity index (χ4n) is 3.72. The van der Waals surface area contributed by atoms with Gasteiger partial charge < -0.3 is 9.84 Å². The van der Waals surface area contributed by atoms with Crippen molar-refractivity contribution in [2.45, 2.75) is 51.7 Å². The van der Waals surface area contributed by atoms with Gasteiger partial charge in [-0.25, -0.2) is 0 Å². The molecule has 4 unspecified atom stereocenters. The molecule has 0 aromatic carbocycles. The van der Waals surface area contributed by atoms with Crippen LogP contribution in [0.25, 0.3) is 0 Å². The molecule has 2 saturated carbocycles. The second kappa shape index (κ2) is 6.47. The summed E-state index contributed by atoms with van der Waals surface area (Å²) < 4.78 is 5.59. The van der Waals surface area contributed by atoms with Crippen molar-refractivity contribution in [2.24, 2.45) is 17.8 Å². The zero-order valence-electron chi connectivity index (χ0n) is 13.6. The lowest BCUT2D eigenvalue weighted by atomic mass is 9.89.